The molecule has 3 aromatic rings. The summed E-state index contributed by atoms with van der Waals surface area (Å²) in [7, 11) is -3.73. The molecule has 0 unspecified atom stereocenters. The predicted molar refractivity (Wildman–Crippen MR) is 128 cm³/mol. The number of benzene rings is 3. The van der Waals surface area contributed by atoms with Crippen LogP contribution in [0.2, 0.25) is 0 Å². The van der Waals surface area contributed by atoms with Crippen LogP contribution >= 0.6 is 0 Å². The molecule has 0 saturated carbocycles. The largest absolute Gasteiger partial charge is 0.494 e. The number of hydrogen-bond donors (Lipinski definition) is 2. The smallest absolute Gasteiger partial charge is 0.261 e. The maximum atomic E-state index is 12.7. The molecule has 3 aromatic carbocycles. The summed E-state index contributed by atoms with van der Waals surface area (Å²) in [6.45, 7) is 6.32. The van der Waals surface area contributed by atoms with Crippen molar-refractivity contribution in [1.82, 2.24) is 0 Å². The highest BCUT2D eigenvalue weighted by Gasteiger charge is 2.15. The number of amides is 1. The second-order valence-electron chi connectivity index (χ2n) is 7.27. The number of hydrogen-bond acceptors (Lipinski definition) is 4. The van der Waals surface area contributed by atoms with Crippen molar-refractivity contribution in [2.75, 3.05) is 16.6 Å². The molecular weight excluding hydrogens is 424 g/mol. The van der Waals surface area contributed by atoms with Crippen molar-refractivity contribution in [3.8, 4) is 5.75 Å². The van der Waals surface area contributed by atoms with Gasteiger partial charge in [0.05, 0.1) is 17.2 Å². The standard InChI is InChI=1S/C25H26N2O4S/c1-4-31-22-11-6-20(7-12-22)8-16-25(28)26-21-9-13-23(14-10-21)32(29,30)27-24-15-5-18(2)17-19(24)3/h5-17,27H,4H2,1-3H3,(H,26,28)/b16-8+. The molecule has 0 radical (unpaired) electrons. The quantitative estimate of drug-likeness (QED) is 0.465. The summed E-state index contributed by atoms with van der Waals surface area (Å²) < 4.78 is 33.4. The SMILES string of the molecule is CCOc1ccc(/C=C/C(=O)Nc2ccc(S(=O)(=O)Nc3ccc(C)cc3C)cc2)cc1. The van der Waals surface area contributed by atoms with E-state index in [4.69, 9.17) is 4.74 Å². The van der Waals surface area contributed by atoms with Crippen molar-refractivity contribution in [2.45, 2.75) is 25.7 Å². The Bertz CT molecular complexity index is 1220. The molecule has 166 valence electrons. The molecule has 1 amide bonds. The van der Waals surface area contributed by atoms with E-state index in [1.807, 2.05) is 57.2 Å². The van der Waals surface area contributed by atoms with E-state index in [0.717, 1.165) is 22.4 Å². The number of rotatable bonds is 8. The molecule has 7 heteroatoms. The molecular formula is C25H26N2O4S. The fraction of sp³-hybridized carbons (Fsp3) is 0.160. The van der Waals surface area contributed by atoms with E-state index >= 15 is 0 Å². The van der Waals surface area contributed by atoms with Gasteiger partial charge in [0.1, 0.15) is 5.75 Å². The van der Waals surface area contributed by atoms with Gasteiger partial charge in [-0.15, -0.1) is 0 Å². The van der Waals surface area contributed by atoms with E-state index < -0.39 is 10.0 Å². The molecule has 0 bridgehead atoms. The first kappa shape index (κ1) is 23.1. The summed E-state index contributed by atoms with van der Waals surface area (Å²) >= 11 is 0. The zero-order valence-corrected chi connectivity index (χ0v) is 19.1. The van der Waals surface area contributed by atoms with Crippen molar-refractivity contribution < 1.29 is 17.9 Å². The molecule has 0 aliphatic heterocycles. The Hall–Kier alpha value is -3.58. The average molecular weight is 451 g/mol. The maximum Gasteiger partial charge on any atom is 0.261 e. The Morgan fingerprint density at radius 2 is 1.66 bits per heavy atom. The number of anilines is 2. The molecule has 32 heavy (non-hydrogen) atoms. The van der Waals surface area contributed by atoms with Crippen molar-refractivity contribution in [3.63, 3.8) is 0 Å². The first-order valence-electron chi connectivity index (χ1n) is 10.2. The van der Waals surface area contributed by atoms with Gasteiger partial charge in [-0.25, -0.2) is 8.42 Å². The second kappa shape index (κ2) is 10.2. The van der Waals surface area contributed by atoms with E-state index in [1.165, 1.54) is 18.2 Å². The van der Waals surface area contributed by atoms with Crippen LogP contribution in [0.1, 0.15) is 23.6 Å². The van der Waals surface area contributed by atoms with E-state index in [0.29, 0.717) is 18.0 Å². The van der Waals surface area contributed by atoms with Crippen molar-refractivity contribution in [3.05, 3.63) is 89.5 Å². The summed E-state index contributed by atoms with van der Waals surface area (Å²) in [6, 6.07) is 18.9. The molecule has 0 aromatic heterocycles. The Morgan fingerprint density at radius 3 is 2.28 bits per heavy atom. The van der Waals surface area contributed by atoms with E-state index in [-0.39, 0.29) is 10.8 Å². The molecule has 0 spiro atoms. The minimum atomic E-state index is -3.73. The summed E-state index contributed by atoms with van der Waals surface area (Å²) in [5.41, 5.74) is 3.80. The number of carbonyl (C=O) groups is 1. The van der Waals surface area contributed by atoms with Gasteiger partial charge in [0.2, 0.25) is 5.91 Å². The lowest BCUT2D eigenvalue weighted by Crippen LogP contribution is -2.14. The van der Waals surface area contributed by atoms with E-state index in [2.05, 4.69) is 10.0 Å². The lowest BCUT2D eigenvalue weighted by atomic mass is 10.1. The van der Waals surface area contributed by atoms with Crippen LogP contribution in [0, 0.1) is 13.8 Å². The van der Waals surface area contributed by atoms with Crippen molar-refractivity contribution in [1.29, 1.82) is 0 Å². The molecule has 0 saturated heterocycles. The van der Waals surface area contributed by atoms with Crippen LogP contribution in [0.25, 0.3) is 6.08 Å². The molecule has 0 fully saturated rings. The number of nitrogens with one attached hydrogen (secondary N) is 2. The fourth-order valence-electron chi connectivity index (χ4n) is 3.05. The highest BCUT2D eigenvalue weighted by Crippen LogP contribution is 2.22. The number of carbonyl (C=O) groups excluding carboxylic acids is 1. The van der Waals surface area contributed by atoms with Gasteiger partial charge in [0, 0.05) is 11.8 Å². The first-order valence-corrected chi connectivity index (χ1v) is 11.7. The Morgan fingerprint density at radius 1 is 0.969 bits per heavy atom. The summed E-state index contributed by atoms with van der Waals surface area (Å²) in [6.07, 6.45) is 3.11. The monoisotopic (exact) mass is 450 g/mol. The third-order valence-corrected chi connectivity index (χ3v) is 6.06. The minimum absolute atomic E-state index is 0.111. The lowest BCUT2D eigenvalue weighted by molar-refractivity contribution is -0.111. The number of ether oxygens (including phenoxy) is 1. The van der Waals surface area contributed by atoms with Crippen LogP contribution in [0.4, 0.5) is 11.4 Å². The van der Waals surface area contributed by atoms with Gasteiger partial charge in [-0.05, 0) is 80.4 Å². The van der Waals surface area contributed by atoms with Crippen LogP contribution in [0.3, 0.4) is 0 Å². The first-order chi connectivity index (χ1) is 15.3. The maximum absolute atomic E-state index is 12.7. The van der Waals surface area contributed by atoms with Crippen LogP contribution in [-0.2, 0) is 14.8 Å². The van der Waals surface area contributed by atoms with Gasteiger partial charge in [-0.3, -0.25) is 9.52 Å². The third-order valence-electron chi connectivity index (χ3n) is 4.68. The van der Waals surface area contributed by atoms with Crippen LogP contribution < -0.4 is 14.8 Å². The zero-order valence-electron chi connectivity index (χ0n) is 18.3. The normalized spacial score (nSPS) is 11.3. The molecule has 0 atom stereocenters. The van der Waals surface area contributed by atoms with Crippen LogP contribution in [-0.4, -0.2) is 20.9 Å². The highest BCUT2D eigenvalue weighted by molar-refractivity contribution is 7.92. The Labute approximate surface area is 189 Å². The van der Waals surface area contributed by atoms with E-state index in [1.54, 1.807) is 24.3 Å². The van der Waals surface area contributed by atoms with E-state index in [9.17, 15) is 13.2 Å². The predicted octanol–water partition coefficient (Wildman–Crippen LogP) is 5.15. The highest BCUT2D eigenvalue weighted by atomic mass is 32.2. The molecule has 0 aliphatic carbocycles. The average Bonchev–Trinajstić information content (AvgIpc) is 2.76. The molecule has 6 nitrogen and oxygen atoms in total. The molecule has 2 N–H and O–H groups in total. The van der Waals surface area contributed by atoms with Crippen LogP contribution in [0.5, 0.6) is 5.75 Å². The van der Waals surface area contributed by atoms with Gasteiger partial charge in [-0.2, -0.15) is 0 Å². The number of aryl methyl sites for hydroxylation is 2. The topological polar surface area (TPSA) is 84.5 Å². The second-order valence-corrected chi connectivity index (χ2v) is 8.96. The summed E-state index contributed by atoms with van der Waals surface area (Å²) in [4.78, 5) is 12.3. The Balaban J connectivity index is 1.62. The minimum Gasteiger partial charge on any atom is -0.494 e. The van der Waals surface area contributed by atoms with Gasteiger partial charge in [-0.1, -0.05) is 29.8 Å². The third kappa shape index (κ3) is 6.21. The molecule has 0 heterocycles. The zero-order chi connectivity index (χ0) is 23.1. The lowest BCUT2D eigenvalue weighted by Gasteiger charge is -2.11. The fourth-order valence-corrected chi connectivity index (χ4v) is 4.18. The van der Waals surface area contributed by atoms with Gasteiger partial charge < -0.3 is 10.1 Å². The van der Waals surface area contributed by atoms with Crippen LogP contribution in [0.15, 0.2) is 77.7 Å². The van der Waals surface area contributed by atoms with Gasteiger partial charge in [0.15, 0.2) is 0 Å². The van der Waals surface area contributed by atoms with Crippen molar-refractivity contribution in [2.24, 2.45) is 0 Å². The summed E-state index contributed by atoms with van der Waals surface area (Å²) in [5, 5.41) is 2.72. The van der Waals surface area contributed by atoms with Gasteiger partial charge >= 0.3 is 0 Å². The summed E-state index contributed by atoms with van der Waals surface area (Å²) in [5.74, 6) is 0.457. The Kier molecular flexibility index (Phi) is 7.33. The van der Waals surface area contributed by atoms with Gasteiger partial charge in [0.25, 0.3) is 10.0 Å². The van der Waals surface area contributed by atoms with Crippen molar-refractivity contribution >= 4 is 33.4 Å². The molecule has 0 aliphatic rings. The number of sulfonamides is 1. The molecule has 3 rings (SSSR count).